The summed E-state index contributed by atoms with van der Waals surface area (Å²) in [5, 5.41) is 2.03. The van der Waals surface area contributed by atoms with Gasteiger partial charge in [-0.25, -0.2) is 0 Å². The molecule has 1 N–H and O–H groups in total. The molecule has 4 rings (SSSR count). The predicted octanol–water partition coefficient (Wildman–Crippen LogP) is 6.07. The molecule has 1 aliphatic rings. The van der Waals surface area contributed by atoms with Gasteiger partial charge in [0.2, 0.25) is 11.7 Å². The Bertz CT molecular complexity index is 1610. The standard InChI is InChI=1S/C26H20BrClN2O7S2/c1-15(31)29-18-7-9-19(10-8-18)39(34,35)37-24-21(28)11-16(12-22(24)36-2)13-23-25(32)30(26(33)38-23)14-17-5-3-4-6-20(17)27/h3-13H,14H2,1-2H3,(H,29,31)/b23-13-. The third-order valence-corrected chi connectivity index (χ3v) is 8.56. The minimum atomic E-state index is -4.31. The molecular formula is C26H20BrClN2O7S2. The van der Waals surface area contributed by atoms with Crippen LogP contribution in [0.25, 0.3) is 6.08 Å². The molecule has 3 aromatic carbocycles. The van der Waals surface area contributed by atoms with E-state index in [1.54, 1.807) is 0 Å². The fourth-order valence-corrected chi connectivity index (χ4v) is 6.06. The van der Waals surface area contributed by atoms with Crippen LogP contribution < -0.4 is 14.2 Å². The van der Waals surface area contributed by atoms with Crippen molar-refractivity contribution in [3.8, 4) is 11.5 Å². The van der Waals surface area contributed by atoms with Crippen molar-refractivity contribution in [2.24, 2.45) is 0 Å². The van der Waals surface area contributed by atoms with E-state index in [0.29, 0.717) is 11.3 Å². The molecule has 1 saturated heterocycles. The Morgan fingerprint density at radius 1 is 1.13 bits per heavy atom. The highest BCUT2D eigenvalue weighted by molar-refractivity contribution is 9.10. The lowest BCUT2D eigenvalue weighted by Crippen LogP contribution is -2.27. The zero-order chi connectivity index (χ0) is 28.3. The number of methoxy groups -OCH3 is 1. The largest absolute Gasteiger partial charge is 0.493 e. The van der Waals surface area contributed by atoms with Crippen LogP contribution in [-0.2, 0) is 26.3 Å². The fourth-order valence-electron chi connectivity index (χ4n) is 3.55. The molecule has 13 heteroatoms. The van der Waals surface area contributed by atoms with E-state index in [-0.39, 0.29) is 38.8 Å². The van der Waals surface area contributed by atoms with Gasteiger partial charge >= 0.3 is 10.1 Å². The number of rotatable bonds is 8. The number of hydrogen-bond donors (Lipinski definition) is 1. The SMILES string of the molecule is COc1cc(/C=C2\SC(=O)N(Cc3ccccc3Br)C2=O)cc(Cl)c1OS(=O)(=O)c1ccc(NC(C)=O)cc1. The summed E-state index contributed by atoms with van der Waals surface area (Å²) < 4.78 is 37.1. The van der Waals surface area contributed by atoms with Crippen molar-refractivity contribution < 1.29 is 31.7 Å². The molecule has 0 unspecified atom stereocenters. The predicted molar refractivity (Wildman–Crippen MR) is 152 cm³/mol. The number of anilines is 1. The normalized spacial score (nSPS) is 14.6. The van der Waals surface area contributed by atoms with Crippen LogP contribution in [0.4, 0.5) is 10.5 Å². The van der Waals surface area contributed by atoms with E-state index >= 15 is 0 Å². The zero-order valence-corrected chi connectivity index (χ0v) is 24.4. The molecule has 9 nitrogen and oxygen atoms in total. The Morgan fingerprint density at radius 2 is 1.82 bits per heavy atom. The lowest BCUT2D eigenvalue weighted by molar-refractivity contribution is -0.123. The second kappa shape index (κ2) is 11.8. The maximum Gasteiger partial charge on any atom is 0.339 e. The van der Waals surface area contributed by atoms with E-state index in [9.17, 15) is 22.8 Å². The zero-order valence-electron chi connectivity index (χ0n) is 20.4. The van der Waals surface area contributed by atoms with Gasteiger partial charge in [-0.1, -0.05) is 45.7 Å². The van der Waals surface area contributed by atoms with Crippen molar-refractivity contribution in [3.05, 3.63) is 86.2 Å². The average Bonchev–Trinajstić information content (AvgIpc) is 3.14. The van der Waals surface area contributed by atoms with Crippen molar-refractivity contribution in [2.45, 2.75) is 18.4 Å². The molecular weight excluding hydrogens is 632 g/mol. The highest BCUT2D eigenvalue weighted by atomic mass is 79.9. The highest BCUT2D eigenvalue weighted by Gasteiger charge is 2.35. The first kappa shape index (κ1) is 28.7. The first-order valence-electron chi connectivity index (χ1n) is 11.2. The average molecular weight is 652 g/mol. The number of amides is 3. The third-order valence-electron chi connectivity index (χ3n) is 5.37. The minimum Gasteiger partial charge on any atom is -0.493 e. The molecule has 0 aromatic heterocycles. The van der Waals surface area contributed by atoms with Crippen molar-refractivity contribution in [2.75, 3.05) is 12.4 Å². The van der Waals surface area contributed by atoms with Crippen LogP contribution in [0.1, 0.15) is 18.1 Å². The molecule has 0 bridgehead atoms. The fraction of sp³-hybridized carbons (Fsp3) is 0.115. The van der Waals surface area contributed by atoms with Crippen LogP contribution in [0.3, 0.4) is 0 Å². The van der Waals surface area contributed by atoms with Crippen molar-refractivity contribution in [3.63, 3.8) is 0 Å². The van der Waals surface area contributed by atoms with Gasteiger partial charge in [0.25, 0.3) is 11.1 Å². The minimum absolute atomic E-state index is 0.000337. The summed E-state index contributed by atoms with van der Waals surface area (Å²) >= 11 is 10.6. The Kier molecular flexibility index (Phi) is 8.70. The number of imide groups is 1. The molecule has 3 aromatic rings. The van der Waals surface area contributed by atoms with Gasteiger partial charge < -0.3 is 14.2 Å². The molecule has 1 heterocycles. The van der Waals surface area contributed by atoms with Gasteiger partial charge in [0.15, 0.2) is 5.75 Å². The number of ether oxygens (including phenoxy) is 1. The second-order valence-electron chi connectivity index (χ2n) is 8.14. The number of hydrogen-bond acceptors (Lipinski definition) is 8. The Balaban J connectivity index is 1.57. The summed E-state index contributed by atoms with van der Waals surface area (Å²) in [6.45, 7) is 1.44. The number of carbonyl (C=O) groups is 3. The molecule has 0 radical (unpaired) electrons. The van der Waals surface area contributed by atoms with Gasteiger partial charge in [-0.15, -0.1) is 0 Å². The maximum absolute atomic E-state index is 13.0. The van der Waals surface area contributed by atoms with Gasteiger partial charge in [-0.2, -0.15) is 8.42 Å². The van der Waals surface area contributed by atoms with Gasteiger partial charge in [0.1, 0.15) is 4.90 Å². The van der Waals surface area contributed by atoms with Gasteiger partial charge in [0.05, 0.1) is 23.6 Å². The summed E-state index contributed by atoms with van der Waals surface area (Å²) in [4.78, 5) is 37.9. The first-order chi connectivity index (χ1) is 18.5. The highest BCUT2D eigenvalue weighted by Crippen LogP contribution is 2.40. The Morgan fingerprint density at radius 3 is 2.46 bits per heavy atom. The number of nitrogens with zero attached hydrogens (tertiary/aromatic N) is 1. The smallest absolute Gasteiger partial charge is 0.339 e. The van der Waals surface area contributed by atoms with E-state index in [1.807, 2.05) is 24.3 Å². The Labute approximate surface area is 242 Å². The first-order valence-corrected chi connectivity index (χ1v) is 14.6. The van der Waals surface area contributed by atoms with E-state index < -0.39 is 21.3 Å². The quantitative estimate of drug-likeness (QED) is 0.230. The van der Waals surface area contributed by atoms with E-state index in [1.165, 1.54) is 56.5 Å². The molecule has 1 aliphatic heterocycles. The molecule has 3 amide bonds. The molecule has 0 atom stereocenters. The Hall–Kier alpha value is -3.32. The maximum atomic E-state index is 13.0. The number of halogens is 2. The molecule has 39 heavy (non-hydrogen) atoms. The van der Waals surface area contributed by atoms with Crippen LogP contribution >= 0.6 is 39.3 Å². The lowest BCUT2D eigenvalue weighted by Gasteiger charge is -2.14. The topological polar surface area (TPSA) is 119 Å². The number of nitrogens with one attached hydrogen (secondary N) is 1. The third kappa shape index (κ3) is 6.64. The molecule has 1 fully saturated rings. The van der Waals surface area contributed by atoms with Gasteiger partial charge in [-0.05, 0) is 71.4 Å². The molecule has 0 spiro atoms. The summed E-state index contributed by atoms with van der Waals surface area (Å²) in [7, 11) is -3.00. The van der Waals surface area contributed by atoms with E-state index in [0.717, 1.165) is 26.7 Å². The lowest BCUT2D eigenvalue weighted by atomic mass is 10.1. The van der Waals surface area contributed by atoms with Crippen molar-refractivity contribution in [1.29, 1.82) is 0 Å². The van der Waals surface area contributed by atoms with E-state index in [4.69, 9.17) is 20.5 Å². The molecule has 0 aliphatic carbocycles. The summed E-state index contributed by atoms with van der Waals surface area (Å²) in [5.41, 5.74) is 1.59. The number of thioether (sulfide) groups is 1. The van der Waals surface area contributed by atoms with Crippen LogP contribution in [0.5, 0.6) is 11.5 Å². The van der Waals surface area contributed by atoms with Crippen LogP contribution in [0.15, 0.2) is 74.9 Å². The van der Waals surface area contributed by atoms with Crippen LogP contribution in [0, 0.1) is 0 Å². The van der Waals surface area contributed by atoms with Crippen molar-refractivity contribution in [1.82, 2.24) is 4.90 Å². The molecule has 202 valence electrons. The number of benzene rings is 3. The van der Waals surface area contributed by atoms with Gasteiger partial charge in [-0.3, -0.25) is 19.3 Å². The van der Waals surface area contributed by atoms with Crippen LogP contribution in [-0.4, -0.2) is 37.5 Å². The summed E-state index contributed by atoms with van der Waals surface area (Å²) in [5.74, 6) is -1.02. The van der Waals surface area contributed by atoms with Crippen molar-refractivity contribution >= 4 is 78.2 Å². The summed E-state index contributed by atoms with van der Waals surface area (Å²) in [6.07, 6.45) is 1.47. The van der Waals surface area contributed by atoms with E-state index in [2.05, 4.69) is 21.2 Å². The second-order valence-corrected chi connectivity index (χ2v) is 11.9. The summed E-state index contributed by atoms with van der Waals surface area (Å²) in [6, 6.07) is 15.5. The monoisotopic (exact) mass is 650 g/mol. The van der Waals surface area contributed by atoms with Gasteiger partial charge in [0, 0.05) is 17.1 Å². The number of carbonyl (C=O) groups excluding carboxylic acids is 3. The molecule has 0 saturated carbocycles. The van der Waals surface area contributed by atoms with Crippen LogP contribution in [0.2, 0.25) is 5.02 Å².